The van der Waals surface area contributed by atoms with Crippen molar-refractivity contribution < 1.29 is 18.0 Å². The molecule has 0 fully saturated rings. The van der Waals surface area contributed by atoms with Crippen LogP contribution < -0.4 is 9.62 Å². The van der Waals surface area contributed by atoms with Crippen LogP contribution in [-0.2, 0) is 26.2 Å². The molecule has 0 saturated carbocycles. The smallest absolute Gasteiger partial charge is 0.264 e. The molecule has 0 aromatic heterocycles. The zero-order valence-corrected chi connectivity index (χ0v) is 25.5. The molecule has 9 heteroatoms. The first-order chi connectivity index (χ1) is 18.7. The summed E-state index contributed by atoms with van der Waals surface area (Å²) in [5.74, 6) is -0.842. The number of rotatable bonds is 10. The normalized spacial score (nSPS) is 12.5. The Morgan fingerprint density at radius 3 is 1.98 bits per heavy atom. The predicted molar refractivity (Wildman–Crippen MR) is 161 cm³/mol. The minimum absolute atomic E-state index is 0.0426. The Labute approximate surface area is 243 Å². The van der Waals surface area contributed by atoms with E-state index in [4.69, 9.17) is 11.6 Å². The number of anilines is 1. The molecular weight excluding hydrogens is 546 g/mol. The van der Waals surface area contributed by atoms with Crippen LogP contribution in [0.25, 0.3) is 0 Å². The Kier molecular flexibility index (Phi) is 10.0. The maximum absolute atomic E-state index is 14.1. The van der Waals surface area contributed by atoms with Crippen molar-refractivity contribution in [2.45, 2.75) is 71.0 Å². The van der Waals surface area contributed by atoms with Crippen LogP contribution in [0.5, 0.6) is 0 Å². The first kappa shape index (κ1) is 31.2. The number of carbonyl (C=O) groups excluding carboxylic acids is 2. The Bertz CT molecular complexity index is 1430. The fraction of sp³-hybridized carbons (Fsp3) is 0.355. The third kappa shape index (κ3) is 7.86. The number of carbonyl (C=O) groups is 2. The highest BCUT2D eigenvalue weighted by molar-refractivity contribution is 7.92. The topological polar surface area (TPSA) is 86.8 Å². The van der Waals surface area contributed by atoms with Gasteiger partial charge in [0.1, 0.15) is 12.6 Å². The quantitative estimate of drug-likeness (QED) is 0.323. The van der Waals surface area contributed by atoms with Crippen LogP contribution in [0.15, 0.2) is 77.7 Å². The van der Waals surface area contributed by atoms with Crippen LogP contribution in [0.1, 0.15) is 50.8 Å². The van der Waals surface area contributed by atoms with Gasteiger partial charge in [-0.15, -0.1) is 0 Å². The number of amides is 2. The van der Waals surface area contributed by atoms with Gasteiger partial charge in [0.05, 0.1) is 10.6 Å². The van der Waals surface area contributed by atoms with Crippen molar-refractivity contribution in [1.82, 2.24) is 10.2 Å². The number of hydrogen-bond acceptors (Lipinski definition) is 4. The van der Waals surface area contributed by atoms with Crippen molar-refractivity contribution in [3.8, 4) is 0 Å². The van der Waals surface area contributed by atoms with Crippen molar-refractivity contribution >= 4 is 39.1 Å². The molecule has 0 aliphatic carbocycles. The SMILES string of the molecule is CC[C@@H](C(=O)NC(C)(C)C)N(Cc1ccccc1Cl)C(=O)CN(c1ccc(C)cc1)S(=O)(=O)c1ccc(C)cc1. The molecule has 7 nitrogen and oxygen atoms in total. The van der Waals surface area contributed by atoms with Crippen molar-refractivity contribution in [2.24, 2.45) is 0 Å². The van der Waals surface area contributed by atoms with Crippen molar-refractivity contribution in [1.29, 1.82) is 0 Å². The molecule has 0 aliphatic rings. The predicted octanol–water partition coefficient (Wildman–Crippen LogP) is 5.87. The highest BCUT2D eigenvalue weighted by atomic mass is 35.5. The van der Waals surface area contributed by atoms with E-state index in [-0.39, 0.29) is 17.3 Å². The summed E-state index contributed by atoms with van der Waals surface area (Å²) in [6, 6.07) is 19.7. The van der Waals surface area contributed by atoms with E-state index in [0.717, 1.165) is 15.4 Å². The number of benzene rings is 3. The van der Waals surface area contributed by atoms with Gasteiger partial charge in [0.25, 0.3) is 10.0 Å². The van der Waals surface area contributed by atoms with Gasteiger partial charge >= 0.3 is 0 Å². The summed E-state index contributed by atoms with van der Waals surface area (Å²) in [4.78, 5) is 29.0. The molecule has 1 atom stereocenters. The summed E-state index contributed by atoms with van der Waals surface area (Å²) in [6.07, 6.45) is 0.327. The number of halogens is 1. The van der Waals surface area contributed by atoms with Gasteiger partial charge < -0.3 is 10.2 Å². The van der Waals surface area contributed by atoms with Gasteiger partial charge in [-0.25, -0.2) is 8.42 Å². The zero-order chi connectivity index (χ0) is 29.7. The van der Waals surface area contributed by atoms with Gasteiger partial charge in [-0.3, -0.25) is 13.9 Å². The van der Waals surface area contributed by atoms with Gasteiger partial charge in [0.2, 0.25) is 11.8 Å². The van der Waals surface area contributed by atoms with E-state index in [2.05, 4.69) is 5.32 Å². The maximum Gasteiger partial charge on any atom is 0.264 e. The van der Waals surface area contributed by atoms with E-state index >= 15 is 0 Å². The van der Waals surface area contributed by atoms with Crippen molar-refractivity contribution in [3.05, 3.63) is 94.5 Å². The molecule has 3 aromatic rings. The standard InChI is InChI=1S/C31H38ClN3O4S/c1-7-28(30(37)33-31(4,5)6)34(20-24-10-8-9-11-27(24)32)29(36)21-35(25-16-12-22(2)13-17-25)40(38,39)26-18-14-23(3)15-19-26/h8-19,28H,7,20-21H2,1-6H3,(H,33,37)/t28-/m0/s1. The van der Waals surface area contributed by atoms with E-state index in [1.165, 1.54) is 17.0 Å². The van der Waals surface area contributed by atoms with Gasteiger partial charge in [-0.2, -0.15) is 0 Å². The summed E-state index contributed by atoms with van der Waals surface area (Å²) < 4.78 is 28.9. The van der Waals surface area contributed by atoms with E-state index in [1.807, 2.05) is 41.5 Å². The van der Waals surface area contributed by atoms with Crippen LogP contribution >= 0.6 is 11.6 Å². The lowest BCUT2D eigenvalue weighted by Gasteiger charge is -2.35. The van der Waals surface area contributed by atoms with Gasteiger partial charge in [-0.1, -0.05) is 72.1 Å². The highest BCUT2D eigenvalue weighted by Crippen LogP contribution is 2.26. The molecule has 0 spiro atoms. The van der Waals surface area contributed by atoms with Gasteiger partial charge in [0, 0.05) is 17.1 Å². The van der Waals surface area contributed by atoms with E-state index in [0.29, 0.717) is 22.7 Å². The summed E-state index contributed by atoms with van der Waals surface area (Å²) in [5, 5.41) is 3.41. The summed E-state index contributed by atoms with van der Waals surface area (Å²) in [6.45, 7) is 10.7. The first-order valence-electron chi connectivity index (χ1n) is 13.2. The molecule has 0 heterocycles. The molecule has 0 aliphatic heterocycles. The number of aryl methyl sites for hydroxylation is 2. The lowest BCUT2D eigenvalue weighted by atomic mass is 10.1. The fourth-order valence-electron chi connectivity index (χ4n) is 4.26. The summed E-state index contributed by atoms with van der Waals surface area (Å²) in [5.41, 5.74) is 2.35. The Hall–Kier alpha value is -3.36. The first-order valence-corrected chi connectivity index (χ1v) is 15.1. The van der Waals surface area contributed by atoms with E-state index < -0.39 is 34.1 Å². The van der Waals surface area contributed by atoms with E-state index in [9.17, 15) is 18.0 Å². The van der Waals surface area contributed by atoms with Crippen molar-refractivity contribution in [2.75, 3.05) is 10.8 Å². The second-order valence-electron chi connectivity index (χ2n) is 10.9. The second-order valence-corrected chi connectivity index (χ2v) is 13.2. The largest absolute Gasteiger partial charge is 0.350 e. The molecule has 1 N–H and O–H groups in total. The highest BCUT2D eigenvalue weighted by Gasteiger charge is 2.34. The van der Waals surface area contributed by atoms with Crippen LogP contribution in [0, 0.1) is 13.8 Å². The van der Waals surface area contributed by atoms with Gasteiger partial charge in [0.15, 0.2) is 0 Å². The minimum Gasteiger partial charge on any atom is -0.350 e. The Balaban J connectivity index is 2.08. The average Bonchev–Trinajstić information content (AvgIpc) is 2.88. The lowest BCUT2D eigenvalue weighted by molar-refractivity contribution is -0.141. The molecule has 0 bridgehead atoms. The third-order valence-corrected chi connectivity index (χ3v) is 8.55. The molecule has 3 rings (SSSR count). The molecule has 2 amide bonds. The number of hydrogen-bond donors (Lipinski definition) is 1. The third-order valence-electron chi connectivity index (χ3n) is 6.39. The minimum atomic E-state index is -4.12. The van der Waals surface area contributed by atoms with Crippen LogP contribution in [-0.4, -0.2) is 43.3 Å². The summed E-state index contributed by atoms with van der Waals surface area (Å²) >= 11 is 6.44. The molecule has 40 heavy (non-hydrogen) atoms. The molecular formula is C31H38ClN3O4S. The van der Waals surface area contributed by atoms with Crippen LogP contribution in [0.3, 0.4) is 0 Å². The number of nitrogens with one attached hydrogen (secondary N) is 1. The Morgan fingerprint density at radius 2 is 1.45 bits per heavy atom. The average molecular weight is 584 g/mol. The van der Waals surface area contributed by atoms with E-state index in [1.54, 1.807) is 60.7 Å². The molecule has 0 saturated heterocycles. The Morgan fingerprint density at radius 1 is 0.900 bits per heavy atom. The second kappa shape index (κ2) is 12.9. The van der Waals surface area contributed by atoms with Crippen LogP contribution in [0.2, 0.25) is 5.02 Å². The van der Waals surface area contributed by atoms with Gasteiger partial charge in [-0.05, 0) is 76.9 Å². The fourth-order valence-corrected chi connectivity index (χ4v) is 5.87. The number of nitrogens with zero attached hydrogens (tertiary/aromatic N) is 2. The van der Waals surface area contributed by atoms with Crippen molar-refractivity contribution in [3.63, 3.8) is 0 Å². The molecule has 0 radical (unpaired) electrons. The molecule has 0 unspecified atom stereocenters. The molecule has 3 aromatic carbocycles. The summed E-state index contributed by atoms with van der Waals surface area (Å²) in [7, 11) is -4.12. The van der Waals surface area contributed by atoms with Crippen LogP contribution in [0.4, 0.5) is 5.69 Å². The lowest BCUT2D eigenvalue weighted by Crippen LogP contribution is -2.55. The molecule has 214 valence electrons. The zero-order valence-electron chi connectivity index (χ0n) is 23.9. The maximum atomic E-state index is 14.1. The number of sulfonamides is 1. The monoisotopic (exact) mass is 583 g/mol.